The minimum absolute atomic E-state index is 0.160. The first-order chi connectivity index (χ1) is 11.5. The summed E-state index contributed by atoms with van der Waals surface area (Å²) in [7, 11) is -1.97. The van der Waals surface area contributed by atoms with Crippen LogP contribution < -0.4 is 9.46 Å². The second kappa shape index (κ2) is 6.95. The Labute approximate surface area is 143 Å². The van der Waals surface area contributed by atoms with Crippen LogP contribution in [0, 0.1) is 0 Å². The van der Waals surface area contributed by atoms with Crippen LogP contribution in [0.2, 0.25) is 0 Å². The third-order valence-corrected chi connectivity index (χ3v) is 6.08. The van der Waals surface area contributed by atoms with Gasteiger partial charge in [-0.15, -0.1) is 0 Å². The Morgan fingerprint density at radius 1 is 1.21 bits per heavy atom. The van der Waals surface area contributed by atoms with E-state index >= 15 is 0 Å². The quantitative estimate of drug-likeness (QED) is 0.900. The van der Waals surface area contributed by atoms with Crippen LogP contribution in [0.25, 0.3) is 0 Å². The lowest BCUT2D eigenvalue weighted by atomic mass is 9.88. The smallest absolute Gasteiger partial charge is 0.241 e. The SMILES string of the molecule is CCc1cc(S(=O)(=O)NC2CCCc3ccccc32)ccc1OC. The maximum atomic E-state index is 12.8. The normalized spacial score (nSPS) is 17.3. The Morgan fingerprint density at radius 3 is 2.75 bits per heavy atom. The molecular formula is C19H23NO3S. The van der Waals surface area contributed by atoms with E-state index in [9.17, 15) is 8.42 Å². The lowest BCUT2D eigenvalue weighted by molar-refractivity contribution is 0.409. The number of nitrogens with one attached hydrogen (secondary N) is 1. The summed E-state index contributed by atoms with van der Waals surface area (Å²) < 4.78 is 33.8. The largest absolute Gasteiger partial charge is 0.496 e. The van der Waals surface area contributed by atoms with E-state index in [1.54, 1.807) is 25.3 Å². The van der Waals surface area contributed by atoms with Crippen LogP contribution in [0.1, 0.15) is 42.5 Å². The van der Waals surface area contributed by atoms with E-state index in [2.05, 4.69) is 10.8 Å². The van der Waals surface area contributed by atoms with E-state index in [0.717, 1.165) is 42.6 Å². The van der Waals surface area contributed by atoms with Crippen molar-refractivity contribution in [2.45, 2.75) is 43.5 Å². The van der Waals surface area contributed by atoms with Gasteiger partial charge in [0.1, 0.15) is 5.75 Å². The van der Waals surface area contributed by atoms with Gasteiger partial charge in [0.15, 0.2) is 0 Å². The van der Waals surface area contributed by atoms with Crippen molar-refractivity contribution in [3.05, 3.63) is 59.2 Å². The zero-order chi connectivity index (χ0) is 17.2. The molecule has 2 aromatic rings. The van der Waals surface area contributed by atoms with Gasteiger partial charge in [-0.2, -0.15) is 0 Å². The fraction of sp³-hybridized carbons (Fsp3) is 0.368. The molecule has 0 radical (unpaired) electrons. The van der Waals surface area contributed by atoms with E-state index < -0.39 is 10.0 Å². The van der Waals surface area contributed by atoms with Gasteiger partial charge in [-0.05, 0) is 60.6 Å². The van der Waals surface area contributed by atoms with Gasteiger partial charge in [-0.1, -0.05) is 31.2 Å². The highest BCUT2D eigenvalue weighted by molar-refractivity contribution is 7.89. The fourth-order valence-corrected chi connectivity index (χ4v) is 4.63. The van der Waals surface area contributed by atoms with Gasteiger partial charge in [-0.25, -0.2) is 13.1 Å². The molecule has 4 nitrogen and oxygen atoms in total. The van der Waals surface area contributed by atoms with Crippen LogP contribution in [0.5, 0.6) is 5.75 Å². The molecule has 1 atom stereocenters. The van der Waals surface area contributed by atoms with E-state index in [0.29, 0.717) is 4.90 Å². The lowest BCUT2D eigenvalue weighted by Crippen LogP contribution is -2.31. The Bertz CT molecular complexity index is 830. The third-order valence-electron chi connectivity index (χ3n) is 4.61. The van der Waals surface area contributed by atoms with Gasteiger partial charge >= 0.3 is 0 Å². The van der Waals surface area contributed by atoms with Crippen LogP contribution in [-0.4, -0.2) is 15.5 Å². The van der Waals surface area contributed by atoms with Gasteiger partial charge in [0, 0.05) is 6.04 Å². The highest BCUT2D eigenvalue weighted by Crippen LogP contribution is 2.31. The third kappa shape index (κ3) is 3.32. The van der Waals surface area contributed by atoms with Crippen molar-refractivity contribution in [1.82, 2.24) is 4.72 Å². The number of benzene rings is 2. The number of fused-ring (bicyclic) bond motifs is 1. The Hall–Kier alpha value is -1.85. The predicted octanol–water partition coefficient (Wildman–Crippen LogP) is 3.61. The molecule has 0 saturated heterocycles. The van der Waals surface area contributed by atoms with E-state index in [-0.39, 0.29) is 6.04 Å². The highest BCUT2D eigenvalue weighted by atomic mass is 32.2. The van der Waals surface area contributed by atoms with Crippen molar-refractivity contribution in [2.24, 2.45) is 0 Å². The molecule has 0 heterocycles. The number of hydrogen-bond acceptors (Lipinski definition) is 3. The Morgan fingerprint density at radius 2 is 2.00 bits per heavy atom. The molecule has 3 rings (SSSR count). The number of methoxy groups -OCH3 is 1. The zero-order valence-corrected chi connectivity index (χ0v) is 14.9. The van der Waals surface area contributed by atoms with Gasteiger partial charge < -0.3 is 4.74 Å². The lowest BCUT2D eigenvalue weighted by Gasteiger charge is -2.26. The van der Waals surface area contributed by atoms with Crippen LogP contribution >= 0.6 is 0 Å². The first-order valence-corrected chi connectivity index (χ1v) is 9.80. The summed E-state index contributed by atoms with van der Waals surface area (Å²) in [6.45, 7) is 1.99. The minimum Gasteiger partial charge on any atom is -0.496 e. The second-order valence-electron chi connectivity index (χ2n) is 6.09. The summed E-state index contributed by atoms with van der Waals surface area (Å²) in [4.78, 5) is 0.295. The monoisotopic (exact) mass is 345 g/mol. The number of hydrogen-bond donors (Lipinski definition) is 1. The molecule has 2 aromatic carbocycles. The fourth-order valence-electron chi connectivity index (χ4n) is 3.33. The average Bonchev–Trinajstić information content (AvgIpc) is 2.61. The number of ether oxygens (including phenoxy) is 1. The van der Waals surface area contributed by atoms with Crippen molar-refractivity contribution in [3.63, 3.8) is 0 Å². The Balaban J connectivity index is 1.90. The topological polar surface area (TPSA) is 55.4 Å². The number of sulfonamides is 1. The molecule has 0 bridgehead atoms. The molecule has 1 unspecified atom stereocenters. The molecule has 0 fully saturated rings. The summed E-state index contributed by atoms with van der Waals surface area (Å²) in [6, 6.07) is 13.0. The molecular weight excluding hydrogens is 322 g/mol. The first-order valence-electron chi connectivity index (χ1n) is 8.32. The molecule has 1 N–H and O–H groups in total. The van der Waals surface area contributed by atoms with Crippen LogP contribution in [-0.2, 0) is 22.9 Å². The van der Waals surface area contributed by atoms with Crippen LogP contribution in [0.3, 0.4) is 0 Å². The van der Waals surface area contributed by atoms with Crippen molar-refractivity contribution in [2.75, 3.05) is 7.11 Å². The zero-order valence-electron chi connectivity index (χ0n) is 14.1. The molecule has 24 heavy (non-hydrogen) atoms. The van der Waals surface area contributed by atoms with E-state index in [1.807, 2.05) is 25.1 Å². The van der Waals surface area contributed by atoms with Crippen molar-refractivity contribution < 1.29 is 13.2 Å². The van der Waals surface area contributed by atoms with Gasteiger partial charge in [0.25, 0.3) is 0 Å². The summed E-state index contributed by atoms with van der Waals surface area (Å²) in [6.07, 6.45) is 3.55. The molecule has 0 saturated carbocycles. The molecule has 0 aliphatic heterocycles. The maximum absolute atomic E-state index is 12.8. The molecule has 128 valence electrons. The van der Waals surface area contributed by atoms with Gasteiger partial charge in [0.2, 0.25) is 10.0 Å². The molecule has 1 aliphatic rings. The second-order valence-corrected chi connectivity index (χ2v) is 7.81. The molecule has 0 spiro atoms. The number of aryl methyl sites for hydroxylation is 2. The van der Waals surface area contributed by atoms with Crippen molar-refractivity contribution >= 4 is 10.0 Å². The van der Waals surface area contributed by atoms with E-state index in [1.165, 1.54) is 5.56 Å². The van der Waals surface area contributed by atoms with Crippen molar-refractivity contribution in [1.29, 1.82) is 0 Å². The molecule has 0 aromatic heterocycles. The van der Waals surface area contributed by atoms with Crippen LogP contribution in [0.4, 0.5) is 0 Å². The highest BCUT2D eigenvalue weighted by Gasteiger charge is 2.26. The summed E-state index contributed by atoms with van der Waals surface area (Å²) in [5.74, 6) is 0.722. The average molecular weight is 345 g/mol. The molecule has 1 aliphatic carbocycles. The molecule has 5 heteroatoms. The molecule has 0 amide bonds. The van der Waals surface area contributed by atoms with Crippen LogP contribution in [0.15, 0.2) is 47.4 Å². The minimum atomic E-state index is -3.57. The van der Waals surface area contributed by atoms with Gasteiger partial charge in [-0.3, -0.25) is 0 Å². The number of rotatable bonds is 5. The Kier molecular flexibility index (Phi) is 4.92. The van der Waals surface area contributed by atoms with E-state index in [4.69, 9.17) is 4.74 Å². The standard InChI is InChI=1S/C19H23NO3S/c1-3-14-13-16(11-12-19(14)23-2)24(21,22)20-18-10-6-8-15-7-4-5-9-17(15)18/h4-5,7,9,11-13,18,20H,3,6,8,10H2,1-2H3. The van der Waals surface area contributed by atoms with Gasteiger partial charge in [0.05, 0.1) is 12.0 Å². The maximum Gasteiger partial charge on any atom is 0.241 e. The predicted molar refractivity (Wildman–Crippen MR) is 94.8 cm³/mol. The summed E-state index contributed by atoms with van der Waals surface area (Å²) in [5, 5.41) is 0. The van der Waals surface area contributed by atoms with Crippen molar-refractivity contribution in [3.8, 4) is 5.75 Å². The summed E-state index contributed by atoms with van der Waals surface area (Å²) >= 11 is 0. The first kappa shape index (κ1) is 17.0. The summed E-state index contributed by atoms with van der Waals surface area (Å²) in [5.41, 5.74) is 3.22.